The van der Waals surface area contributed by atoms with E-state index in [4.69, 9.17) is 5.11 Å². The van der Waals surface area contributed by atoms with Crippen molar-refractivity contribution >= 4 is 11.9 Å². The van der Waals surface area contributed by atoms with Crippen LogP contribution in [0.2, 0.25) is 0 Å². The van der Waals surface area contributed by atoms with E-state index < -0.39 is 11.4 Å². The van der Waals surface area contributed by atoms with Crippen LogP contribution in [-0.2, 0) is 28.1 Å². The molecule has 7 nitrogen and oxygen atoms in total. The normalized spacial score (nSPS) is 15.9. The third kappa shape index (κ3) is 3.70. The third-order valence-electron chi connectivity index (χ3n) is 4.78. The molecule has 1 aromatic heterocycles. The van der Waals surface area contributed by atoms with E-state index in [1.165, 1.54) is 4.68 Å². The number of aromatic nitrogens is 3. The minimum Gasteiger partial charge on any atom is -0.480 e. The highest BCUT2D eigenvalue weighted by Crippen LogP contribution is 2.41. The lowest BCUT2D eigenvalue weighted by atomic mass is 9.77. The van der Waals surface area contributed by atoms with Gasteiger partial charge in [-0.25, -0.2) is 4.68 Å². The van der Waals surface area contributed by atoms with Crippen molar-refractivity contribution in [3.8, 4) is 0 Å². The van der Waals surface area contributed by atoms with Crippen LogP contribution in [0.1, 0.15) is 42.5 Å². The zero-order valence-electron chi connectivity index (χ0n) is 14.2. The second-order valence-electron chi connectivity index (χ2n) is 6.64. The topological polar surface area (TPSA) is 97.1 Å². The lowest BCUT2D eigenvalue weighted by molar-refractivity contribution is -0.138. The number of hydrogen-bond donors (Lipinski definition) is 2. The van der Waals surface area contributed by atoms with E-state index in [1.807, 2.05) is 25.1 Å². The zero-order valence-corrected chi connectivity index (χ0v) is 14.2. The number of aryl methyl sites for hydroxylation is 1. The van der Waals surface area contributed by atoms with Gasteiger partial charge in [-0.05, 0) is 25.3 Å². The lowest BCUT2D eigenvalue weighted by Crippen LogP contribution is -2.42. The molecule has 7 heteroatoms. The highest BCUT2D eigenvalue weighted by molar-refractivity contribution is 5.88. The molecular formula is C18H22N4O3. The maximum Gasteiger partial charge on any atom is 0.325 e. The molecule has 1 amide bonds. The molecule has 1 aliphatic rings. The maximum atomic E-state index is 13.0. The molecule has 2 aromatic rings. The molecule has 132 valence electrons. The Balaban J connectivity index is 1.72. The van der Waals surface area contributed by atoms with Crippen molar-refractivity contribution in [1.29, 1.82) is 0 Å². The Hall–Kier alpha value is -2.70. The highest BCUT2D eigenvalue weighted by Gasteiger charge is 2.42. The molecule has 1 aliphatic carbocycles. The van der Waals surface area contributed by atoms with Gasteiger partial charge in [0, 0.05) is 0 Å². The van der Waals surface area contributed by atoms with Crippen LogP contribution in [0.4, 0.5) is 0 Å². The fraction of sp³-hybridized carbons (Fsp3) is 0.444. The fourth-order valence-electron chi connectivity index (χ4n) is 3.54. The summed E-state index contributed by atoms with van der Waals surface area (Å²) in [5, 5.41) is 19.4. The number of amides is 1. The second kappa shape index (κ2) is 7.04. The number of hydrogen-bond acceptors (Lipinski definition) is 4. The molecule has 1 fully saturated rings. The Morgan fingerprint density at radius 1 is 1.32 bits per heavy atom. The number of nitrogens with one attached hydrogen (secondary N) is 1. The minimum atomic E-state index is -0.982. The standard InChI is InChI=1S/C18H22N4O3/c1-13-5-4-6-14(9-13)18(7-2-3-8-18)17(25)19-10-15-11-22(21-20-15)12-16(23)24/h4-6,9,11H,2-3,7-8,10,12H2,1H3,(H,19,25)(H,23,24). The van der Waals surface area contributed by atoms with E-state index >= 15 is 0 Å². The molecule has 0 radical (unpaired) electrons. The van der Waals surface area contributed by atoms with E-state index in [9.17, 15) is 9.59 Å². The minimum absolute atomic E-state index is 0.00313. The van der Waals surface area contributed by atoms with Gasteiger partial charge in [-0.15, -0.1) is 5.10 Å². The number of carboxylic acid groups (broad SMARTS) is 1. The lowest BCUT2D eigenvalue weighted by Gasteiger charge is -2.28. The number of carbonyl (C=O) groups is 2. The van der Waals surface area contributed by atoms with Crippen molar-refractivity contribution in [3.63, 3.8) is 0 Å². The molecule has 1 aromatic carbocycles. The molecule has 1 saturated carbocycles. The van der Waals surface area contributed by atoms with Crippen LogP contribution in [0.3, 0.4) is 0 Å². The van der Waals surface area contributed by atoms with Gasteiger partial charge < -0.3 is 10.4 Å². The van der Waals surface area contributed by atoms with Crippen molar-refractivity contribution in [2.45, 2.75) is 51.1 Å². The second-order valence-corrected chi connectivity index (χ2v) is 6.64. The highest BCUT2D eigenvalue weighted by atomic mass is 16.4. The Morgan fingerprint density at radius 3 is 2.76 bits per heavy atom. The summed E-state index contributed by atoms with van der Waals surface area (Å²) in [6.45, 7) is 2.03. The third-order valence-corrected chi connectivity index (χ3v) is 4.78. The Morgan fingerprint density at radius 2 is 2.08 bits per heavy atom. The molecule has 0 saturated heterocycles. The van der Waals surface area contributed by atoms with Crippen molar-refractivity contribution in [3.05, 3.63) is 47.3 Å². The first-order valence-electron chi connectivity index (χ1n) is 8.46. The first-order chi connectivity index (χ1) is 12.0. The summed E-state index contributed by atoms with van der Waals surface area (Å²) in [4.78, 5) is 23.7. The van der Waals surface area contributed by atoms with Crippen LogP contribution in [0.15, 0.2) is 30.5 Å². The summed E-state index contributed by atoms with van der Waals surface area (Å²) in [6, 6.07) is 8.15. The van der Waals surface area contributed by atoms with Gasteiger partial charge in [-0.3, -0.25) is 9.59 Å². The van der Waals surface area contributed by atoms with Crippen molar-refractivity contribution < 1.29 is 14.7 Å². The molecule has 0 unspecified atom stereocenters. The summed E-state index contributed by atoms with van der Waals surface area (Å²) >= 11 is 0. The molecule has 0 atom stereocenters. The van der Waals surface area contributed by atoms with E-state index in [1.54, 1.807) is 6.20 Å². The molecule has 0 aliphatic heterocycles. The average Bonchev–Trinajstić information content (AvgIpc) is 3.22. The van der Waals surface area contributed by atoms with E-state index in [0.717, 1.165) is 36.8 Å². The molecule has 2 N–H and O–H groups in total. The van der Waals surface area contributed by atoms with Crippen LogP contribution in [-0.4, -0.2) is 32.0 Å². The summed E-state index contributed by atoms with van der Waals surface area (Å²) in [6.07, 6.45) is 5.30. The monoisotopic (exact) mass is 342 g/mol. The number of carbonyl (C=O) groups excluding carboxylic acids is 1. The number of rotatable bonds is 6. The van der Waals surface area contributed by atoms with Gasteiger partial charge in [0.05, 0.1) is 18.2 Å². The summed E-state index contributed by atoms with van der Waals surface area (Å²) in [5.41, 5.74) is 2.28. The van der Waals surface area contributed by atoms with Crippen LogP contribution in [0, 0.1) is 6.92 Å². The fourth-order valence-corrected chi connectivity index (χ4v) is 3.54. The van der Waals surface area contributed by atoms with Gasteiger partial charge in [0.25, 0.3) is 0 Å². The Labute approximate surface area is 146 Å². The van der Waals surface area contributed by atoms with E-state index in [-0.39, 0.29) is 19.0 Å². The molecule has 1 heterocycles. The molecular weight excluding hydrogens is 320 g/mol. The van der Waals surface area contributed by atoms with Crippen LogP contribution >= 0.6 is 0 Å². The zero-order chi connectivity index (χ0) is 17.9. The van der Waals surface area contributed by atoms with Gasteiger partial charge in [0.1, 0.15) is 12.2 Å². The van der Waals surface area contributed by atoms with Crippen molar-refractivity contribution in [1.82, 2.24) is 20.3 Å². The average molecular weight is 342 g/mol. The SMILES string of the molecule is Cc1cccc(C2(C(=O)NCc3cn(CC(=O)O)nn3)CCCC2)c1. The summed E-state index contributed by atoms with van der Waals surface area (Å²) in [5.74, 6) is -0.978. The molecule has 0 spiro atoms. The smallest absolute Gasteiger partial charge is 0.325 e. The van der Waals surface area contributed by atoms with Crippen LogP contribution in [0.25, 0.3) is 0 Å². The number of aliphatic carboxylic acids is 1. The van der Waals surface area contributed by atoms with Gasteiger partial charge in [0.2, 0.25) is 5.91 Å². The van der Waals surface area contributed by atoms with Crippen molar-refractivity contribution in [2.24, 2.45) is 0 Å². The first-order valence-corrected chi connectivity index (χ1v) is 8.46. The van der Waals surface area contributed by atoms with Crippen LogP contribution < -0.4 is 5.32 Å². The summed E-state index contributed by atoms with van der Waals surface area (Å²) < 4.78 is 1.25. The van der Waals surface area contributed by atoms with Crippen LogP contribution in [0.5, 0.6) is 0 Å². The van der Waals surface area contributed by atoms with E-state index in [2.05, 4.69) is 21.7 Å². The Bertz CT molecular complexity index is 778. The van der Waals surface area contributed by atoms with Gasteiger partial charge >= 0.3 is 5.97 Å². The number of nitrogens with zero attached hydrogens (tertiary/aromatic N) is 3. The summed E-state index contributed by atoms with van der Waals surface area (Å²) in [7, 11) is 0. The predicted octanol–water partition coefficient (Wildman–Crippen LogP) is 1.80. The first kappa shape index (κ1) is 17.1. The Kier molecular flexibility index (Phi) is 4.83. The number of benzene rings is 1. The van der Waals surface area contributed by atoms with Gasteiger partial charge in [-0.2, -0.15) is 0 Å². The quantitative estimate of drug-likeness (QED) is 0.834. The molecule has 3 rings (SSSR count). The largest absolute Gasteiger partial charge is 0.480 e. The molecule has 25 heavy (non-hydrogen) atoms. The maximum absolute atomic E-state index is 13.0. The van der Waals surface area contributed by atoms with E-state index in [0.29, 0.717) is 5.69 Å². The van der Waals surface area contributed by atoms with Gasteiger partial charge in [-0.1, -0.05) is 47.9 Å². The number of carboxylic acids is 1. The predicted molar refractivity (Wildman–Crippen MR) is 90.8 cm³/mol. The molecule has 0 bridgehead atoms. The van der Waals surface area contributed by atoms with Gasteiger partial charge in [0.15, 0.2) is 0 Å². The van der Waals surface area contributed by atoms with Crippen molar-refractivity contribution in [2.75, 3.05) is 0 Å².